The largest absolute Gasteiger partial charge is 0.343 e. The molecule has 0 unspecified atom stereocenters. The summed E-state index contributed by atoms with van der Waals surface area (Å²) >= 11 is 0. The highest BCUT2D eigenvalue weighted by Crippen LogP contribution is 2.19. The number of hydrogen-bond donors (Lipinski definition) is 1. The molecule has 1 atom stereocenters. The monoisotopic (exact) mass is 234 g/mol. The maximum absolute atomic E-state index is 11.5. The van der Waals surface area contributed by atoms with E-state index in [1.54, 1.807) is 0 Å². The zero-order valence-corrected chi connectivity index (χ0v) is 9.93. The molecule has 1 N–H and O–H groups in total. The van der Waals surface area contributed by atoms with E-state index in [1.807, 2.05) is 11.1 Å². The summed E-state index contributed by atoms with van der Waals surface area (Å²) in [4.78, 5) is 13.5. The molecule has 92 valence electrons. The number of carbonyl (C=O) groups excluding carboxylic acids is 1. The summed E-state index contributed by atoms with van der Waals surface area (Å²) in [5.41, 5.74) is 1.24. The van der Waals surface area contributed by atoms with Gasteiger partial charge in [-0.3, -0.25) is 9.48 Å². The lowest BCUT2D eigenvalue weighted by Crippen LogP contribution is -2.36. The molecule has 5 nitrogen and oxygen atoms in total. The van der Waals surface area contributed by atoms with Crippen LogP contribution in [0.2, 0.25) is 0 Å². The second kappa shape index (κ2) is 4.49. The Morgan fingerprint density at radius 2 is 2.47 bits per heavy atom. The van der Waals surface area contributed by atoms with Gasteiger partial charge in [0.25, 0.3) is 0 Å². The molecule has 3 heterocycles. The number of aromatic nitrogens is 2. The fourth-order valence-electron chi connectivity index (χ4n) is 2.73. The predicted octanol–water partition coefficient (Wildman–Crippen LogP) is 0.540. The highest BCUT2D eigenvalue weighted by Gasteiger charge is 2.24. The summed E-state index contributed by atoms with van der Waals surface area (Å²) in [5, 5.41) is 7.78. The summed E-state index contributed by atoms with van der Waals surface area (Å²) < 4.78 is 2.11. The first-order valence-electron chi connectivity index (χ1n) is 6.35. The SMILES string of the molecule is O=C1CCCN1CC[C@@H]1CNCc2ccnn21. The van der Waals surface area contributed by atoms with Crippen molar-refractivity contribution < 1.29 is 4.79 Å². The van der Waals surface area contributed by atoms with Crippen molar-refractivity contribution in [1.82, 2.24) is 20.0 Å². The number of carbonyl (C=O) groups is 1. The standard InChI is InChI=1S/C12H18N4O/c17-12-2-1-6-15(12)7-4-11-9-13-8-10-3-5-14-16(10)11/h3,5,11,13H,1-2,4,6-9H2/t11-/m1/s1. The molecule has 0 bridgehead atoms. The van der Waals surface area contributed by atoms with Gasteiger partial charge in [-0.15, -0.1) is 0 Å². The Labute approximate surface area is 101 Å². The lowest BCUT2D eigenvalue weighted by molar-refractivity contribution is -0.127. The molecule has 1 aromatic rings. The van der Waals surface area contributed by atoms with E-state index >= 15 is 0 Å². The molecule has 1 saturated heterocycles. The van der Waals surface area contributed by atoms with Gasteiger partial charge in [-0.2, -0.15) is 5.10 Å². The second-order valence-electron chi connectivity index (χ2n) is 4.82. The third-order valence-electron chi connectivity index (χ3n) is 3.69. The summed E-state index contributed by atoms with van der Waals surface area (Å²) in [5.74, 6) is 0.314. The van der Waals surface area contributed by atoms with Crippen LogP contribution < -0.4 is 5.32 Å². The first kappa shape index (κ1) is 10.8. The second-order valence-corrected chi connectivity index (χ2v) is 4.82. The molecular weight excluding hydrogens is 216 g/mol. The molecule has 0 aliphatic carbocycles. The van der Waals surface area contributed by atoms with E-state index in [9.17, 15) is 4.79 Å². The van der Waals surface area contributed by atoms with E-state index in [0.29, 0.717) is 11.9 Å². The van der Waals surface area contributed by atoms with E-state index < -0.39 is 0 Å². The van der Waals surface area contributed by atoms with Crippen molar-refractivity contribution in [3.05, 3.63) is 18.0 Å². The van der Waals surface area contributed by atoms with Gasteiger partial charge in [0.15, 0.2) is 0 Å². The number of nitrogens with zero attached hydrogens (tertiary/aromatic N) is 3. The van der Waals surface area contributed by atoms with Crippen molar-refractivity contribution in [2.24, 2.45) is 0 Å². The Morgan fingerprint density at radius 3 is 3.29 bits per heavy atom. The fourth-order valence-corrected chi connectivity index (χ4v) is 2.73. The zero-order chi connectivity index (χ0) is 11.7. The van der Waals surface area contributed by atoms with Gasteiger partial charge in [0.05, 0.1) is 11.7 Å². The van der Waals surface area contributed by atoms with Crippen LogP contribution in [0.25, 0.3) is 0 Å². The minimum Gasteiger partial charge on any atom is -0.343 e. The van der Waals surface area contributed by atoms with Crippen LogP contribution in [0.3, 0.4) is 0 Å². The molecule has 0 saturated carbocycles. The Morgan fingerprint density at radius 1 is 1.53 bits per heavy atom. The molecule has 1 fully saturated rings. The van der Waals surface area contributed by atoms with Crippen LogP contribution in [0, 0.1) is 0 Å². The molecule has 2 aliphatic heterocycles. The highest BCUT2D eigenvalue weighted by molar-refractivity contribution is 5.77. The molecule has 1 aromatic heterocycles. The van der Waals surface area contributed by atoms with Crippen molar-refractivity contribution in [2.45, 2.75) is 31.8 Å². The number of fused-ring (bicyclic) bond motifs is 1. The number of hydrogen-bond acceptors (Lipinski definition) is 3. The van der Waals surface area contributed by atoms with Crippen molar-refractivity contribution in [3.8, 4) is 0 Å². The van der Waals surface area contributed by atoms with E-state index in [2.05, 4.69) is 21.2 Å². The summed E-state index contributed by atoms with van der Waals surface area (Å²) in [6.07, 6.45) is 4.61. The Kier molecular flexibility index (Phi) is 2.84. The van der Waals surface area contributed by atoms with E-state index in [0.717, 1.165) is 45.4 Å². The molecular formula is C12H18N4O. The summed E-state index contributed by atoms with van der Waals surface area (Å²) in [6.45, 7) is 3.66. The van der Waals surface area contributed by atoms with Crippen LogP contribution in [0.5, 0.6) is 0 Å². The van der Waals surface area contributed by atoms with Gasteiger partial charge in [0.1, 0.15) is 0 Å². The van der Waals surface area contributed by atoms with Gasteiger partial charge in [0.2, 0.25) is 5.91 Å². The molecule has 17 heavy (non-hydrogen) atoms. The third kappa shape index (κ3) is 2.07. The highest BCUT2D eigenvalue weighted by atomic mass is 16.2. The normalized spacial score (nSPS) is 24.1. The van der Waals surface area contributed by atoms with Crippen LogP contribution in [-0.2, 0) is 11.3 Å². The molecule has 0 spiro atoms. The summed E-state index contributed by atoms with van der Waals surface area (Å²) in [6, 6.07) is 2.45. The number of likely N-dealkylation sites (tertiary alicyclic amines) is 1. The van der Waals surface area contributed by atoms with Crippen LogP contribution in [-0.4, -0.2) is 40.2 Å². The molecule has 0 aromatic carbocycles. The van der Waals surface area contributed by atoms with Crippen molar-refractivity contribution >= 4 is 5.91 Å². The Balaban J connectivity index is 1.61. The van der Waals surface area contributed by atoms with Crippen molar-refractivity contribution in [1.29, 1.82) is 0 Å². The fraction of sp³-hybridized carbons (Fsp3) is 0.667. The van der Waals surface area contributed by atoms with Gasteiger partial charge >= 0.3 is 0 Å². The van der Waals surface area contributed by atoms with Crippen LogP contribution in [0.15, 0.2) is 12.3 Å². The predicted molar refractivity (Wildman–Crippen MR) is 63.4 cm³/mol. The van der Waals surface area contributed by atoms with Gasteiger partial charge in [-0.1, -0.05) is 0 Å². The molecule has 5 heteroatoms. The molecule has 2 aliphatic rings. The van der Waals surface area contributed by atoms with Crippen LogP contribution in [0.4, 0.5) is 0 Å². The molecule has 0 radical (unpaired) electrons. The number of rotatable bonds is 3. The minimum absolute atomic E-state index is 0.314. The average molecular weight is 234 g/mol. The number of nitrogens with one attached hydrogen (secondary N) is 1. The van der Waals surface area contributed by atoms with Crippen molar-refractivity contribution in [2.75, 3.05) is 19.6 Å². The number of amides is 1. The van der Waals surface area contributed by atoms with Crippen LogP contribution >= 0.6 is 0 Å². The molecule has 3 rings (SSSR count). The Hall–Kier alpha value is -1.36. The van der Waals surface area contributed by atoms with E-state index in [1.165, 1.54) is 5.69 Å². The first-order valence-corrected chi connectivity index (χ1v) is 6.35. The topological polar surface area (TPSA) is 50.2 Å². The van der Waals surface area contributed by atoms with Gasteiger partial charge in [-0.05, 0) is 18.9 Å². The Bertz CT molecular complexity index is 414. The average Bonchev–Trinajstić information content (AvgIpc) is 2.95. The maximum atomic E-state index is 11.5. The quantitative estimate of drug-likeness (QED) is 0.830. The lowest BCUT2D eigenvalue weighted by atomic mass is 10.1. The van der Waals surface area contributed by atoms with Gasteiger partial charge in [-0.25, -0.2) is 0 Å². The molecule has 1 amide bonds. The van der Waals surface area contributed by atoms with Gasteiger partial charge in [0, 0.05) is 38.8 Å². The van der Waals surface area contributed by atoms with Crippen molar-refractivity contribution in [3.63, 3.8) is 0 Å². The van der Waals surface area contributed by atoms with E-state index in [-0.39, 0.29) is 0 Å². The van der Waals surface area contributed by atoms with Crippen LogP contribution in [0.1, 0.15) is 31.0 Å². The van der Waals surface area contributed by atoms with E-state index in [4.69, 9.17) is 0 Å². The smallest absolute Gasteiger partial charge is 0.222 e. The third-order valence-corrected chi connectivity index (χ3v) is 3.69. The lowest BCUT2D eigenvalue weighted by Gasteiger charge is -2.27. The first-order chi connectivity index (χ1) is 8.34. The maximum Gasteiger partial charge on any atom is 0.222 e. The zero-order valence-electron chi connectivity index (χ0n) is 9.93. The van der Waals surface area contributed by atoms with Gasteiger partial charge < -0.3 is 10.2 Å². The minimum atomic E-state index is 0.314. The summed E-state index contributed by atoms with van der Waals surface area (Å²) in [7, 11) is 0.